The minimum Gasteiger partial charge on any atom is -0.466 e. The van der Waals surface area contributed by atoms with Crippen molar-refractivity contribution in [3.63, 3.8) is 0 Å². The molecule has 0 bridgehead atoms. The van der Waals surface area contributed by atoms with Crippen LogP contribution in [0.3, 0.4) is 0 Å². The zero-order valence-electron chi connectivity index (χ0n) is 11.8. The normalized spacial score (nSPS) is 13.1. The number of nitrogens with one attached hydrogen (secondary N) is 1. The third kappa shape index (κ3) is 11.1. The molecule has 3 N–H and O–H groups in total. The molecule has 0 rings (SSSR count). The molecule has 0 fully saturated rings. The minimum absolute atomic E-state index is 0. The Morgan fingerprint density at radius 2 is 2.00 bits per heavy atom. The molecule has 19 heavy (non-hydrogen) atoms. The van der Waals surface area contributed by atoms with Crippen LogP contribution >= 0.6 is 24.2 Å². The monoisotopic (exact) mass is 312 g/mol. The smallest absolute Gasteiger partial charge is 0.305 e. The molecule has 0 aromatic heterocycles. The van der Waals surface area contributed by atoms with E-state index < -0.39 is 6.04 Å². The van der Waals surface area contributed by atoms with Crippen LogP contribution in [0, 0.1) is 0 Å². The fourth-order valence-corrected chi connectivity index (χ4v) is 1.86. The molecule has 0 radical (unpaired) electrons. The van der Waals surface area contributed by atoms with Gasteiger partial charge in [0.2, 0.25) is 5.91 Å². The van der Waals surface area contributed by atoms with Crippen LogP contribution in [0.2, 0.25) is 0 Å². The van der Waals surface area contributed by atoms with E-state index in [0.29, 0.717) is 25.9 Å². The van der Waals surface area contributed by atoms with Crippen LogP contribution in [0.4, 0.5) is 0 Å². The van der Waals surface area contributed by atoms with Crippen LogP contribution < -0.4 is 11.1 Å². The molecule has 0 aliphatic heterocycles. The van der Waals surface area contributed by atoms with Crippen molar-refractivity contribution >= 4 is 36.0 Å². The number of esters is 1. The summed E-state index contributed by atoms with van der Waals surface area (Å²) < 4.78 is 4.82. The number of ether oxygens (including phenoxy) is 1. The molecule has 1 amide bonds. The van der Waals surface area contributed by atoms with Gasteiger partial charge in [-0.3, -0.25) is 9.59 Å². The number of nitrogens with two attached hydrogens (primary N) is 1. The number of thioether (sulfide) groups is 1. The second-order valence-corrected chi connectivity index (χ2v) is 5.13. The van der Waals surface area contributed by atoms with Crippen LogP contribution in [0.5, 0.6) is 0 Å². The number of halogens is 1. The van der Waals surface area contributed by atoms with Crippen molar-refractivity contribution in [1.82, 2.24) is 5.32 Å². The Kier molecular flexibility index (Phi) is 13.8. The van der Waals surface area contributed by atoms with E-state index >= 15 is 0 Å². The van der Waals surface area contributed by atoms with E-state index in [2.05, 4.69) is 5.32 Å². The zero-order chi connectivity index (χ0) is 14.0. The quantitative estimate of drug-likeness (QED) is 0.628. The van der Waals surface area contributed by atoms with Crippen molar-refractivity contribution < 1.29 is 14.3 Å². The van der Waals surface area contributed by atoms with E-state index in [0.717, 1.165) is 5.75 Å². The summed E-state index contributed by atoms with van der Waals surface area (Å²) in [6, 6.07) is -0.537. The first-order valence-electron chi connectivity index (χ1n) is 6.21. The first kappa shape index (κ1) is 20.8. The van der Waals surface area contributed by atoms with E-state index in [9.17, 15) is 9.59 Å². The summed E-state index contributed by atoms with van der Waals surface area (Å²) in [7, 11) is 0. The maximum Gasteiger partial charge on any atom is 0.305 e. The van der Waals surface area contributed by atoms with Gasteiger partial charge in [-0.2, -0.15) is 11.8 Å². The van der Waals surface area contributed by atoms with Crippen molar-refractivity contribution in [2.75, 3.05) is 18.6 Å². The zero-order valence-corrected chi connectivity index (χ0v) is 13.4. The van der Waals surface area contributed by atoms with Gasteiger partial charge >= 0.3 is 5.97 Å². The summed E-state index contributed by atoms with van der Waals surface area (Å²) in [5.74, 6) is 0.483. The minimum atomic E-state index is -0.470. The molecule has 0 aliphatic rings. The molecular formula is C12H25ClN2O3S. The average Bonchev–Trinajstić information content (AvgIpc) is 2.33. The van der Waals surface area contributed by atoms with Crippen molar-refractivity contribution in [2.45, 2.75) is 45.2 Å². The van der Waals surface area contributed by atoms with E-state index in [4.69, 9.17) is 10.5 Å². The summed E-state index contributed by atoms with van der Waals surface area (Å²) in [6.07, 6.45) is 3.53. The molecule has 2 atom stereocenters. The summed E-state index contributed by atoms with van der Waals surface area (Å²) >= 11 is 1.66. The molecular weight excluding hydrogens is 288 g/mol. The average molecular weight is 313 g/mol. The Balaban J connectivity index is 0. The number of carbonyl (C=O) groups is 2. The number of amides is 1. The van der Waals surface area contributed by atoms with E-state index in [-0.39, 0.29) is 30.3 Å². The topological polar surface area (TPSA) is 81.4 Å². The lowest BCUT2D eigenvalue weighted by atomic mass is 10.1. The molecule has 0 saturated heterocycles. The first-order valence-corrected chi connectivity index (χ1v) is 7.61. The molecule has 0 saturated carbocycles. The predicted octanol–water partition coefficient (Wildman–Crippen LogP) is 1.34. The lowest BCUT2D eigenvalue weighted by molar-refractivity contribution is -0.143. The second kappa shape index (κ2) is 12.6. The van der Waals surface area contributed by atoms with E-state index in [1.807, 2.05) is 13.2 Å². The van der Waals surface area contributed by atoms with Gasteiger partial charge in [-0.05, 0) is 38.7 Å². The van der Waals surface area contributed by atoms with Gasteiger partial charge < -0.3 is 15.8 Å². The van der Waals surface area contributed by atoms with Gasteiger partial charge in [0, 0.05) is 12.5 Å². The summed E-state index contributed by atoms with van der Waals surface area (Å²) in [5.41, 5.74) is 5.74. The van der Waals surface area contributed by atoms with Gasteiger partial charge in [0.1, 0.15) is 0 Å². The van der Waals surface area contributed by atoms with Gasteiger partial charge in [0.05, 0.1) is 12.6 Å². The maximum absolute atomic E-state index is 11.7. The van der Waals surface area contributed by atoms with Gasteiger partial charge in [-0.25, -0.2) is 0 Å². The number of hydrogen-bond donors (Lipinski definition) is 2. The maximum atomic E-state index is 11.7. The van der Waals surface area contributed by atoms with Crippen molar-refractivity contribution in [1.29, 1.82) is 0 Å². The van der Waals surface area contributed by atoms with Crippen LogP contribution in [0.25, 0.3) is 0 Å². The number of rotatable bonds is 9. The van der Waals surface area contributed by atoms with Gasteiger partial charge in [0.15, 0.2) is 0 Å². The van der Waals surface area contributed by atoms with Crippen LogP contribution in [0.15, 0.2) is 0 Å². The van der Waals surface area contributed by atoms with Gasteiger partial charge in [0.25, 0.3) is 0 Å². The Morgan fingerprint density at radius 1 is 1.37 bits per heavy atom. The molecule has 0 spiro atoms. The molecule has 0 aromatic rings. The highest BCUT2D eigenvalue weighted by molar-refractivity contribution is 7.98. The van der Waals surface area contributed by atoms with Crippen LogP contribution in [0.1, 0.15) is 33.1 Å². The third-order valence-corrected chi connectivity index (χ3v) is 3.09. The SMILES string of the molecule is CCOC(=O)CCC(C)NC(=O)C(N)CCSC.Cl. The number of carbonyl (C=O) groups excluding carboxylic acids is 2. The molecule has 0 aromatic carbocycles. The van der Waals surface area contributed by atoms with Crippen LogP contribution in [-0.4, -0.2) is 42.6 Å². The summed E-state index contributed by atoms with van der Waals surface area (Å²) in [6.45, 7) is 4.02. The van der Waals surface area contributed by atoms with E-state index in [1.54, 1.807) is 18.7 Å². The predicted molar refractivity (Wildman–Crippen MR) is 81.7 cm³/mol. The van der Waals surface area contributed by atoms with Crippen LogP contribution in [-0.2, 0) is 14.3 Å². The van der Waals surface area contributed by atoms with E-state index in [1.165, 1.54) is 0 Å². The molecule has 7 heteroatoms. The summed E-state index contributed by atoms with van der Waals surface area (Å²) in [4.78, 5) is 22.8. The number of hydrogen-bond acceptors (Lipinski definition) is 5. The lowest BCUT2D eigenvalue weighted by Gasteiger charge is -2.17. The fourth-order valence-electron chi connectivity index (χ4n) is 1.37. The Bertz CT molecular complexity index is 267. The van der Waals surface area contributed by atoms with Crippen molar-refractivity contribution in [3.05, 3.63) is 0 Å². The van der Waals surface area contributed by atoms with Gasteiger partial charge in [-0.1, -0.05) is 0 Å². The molecule has 2 unspecified atom stereocenters. The largest absolute Gasteiger partial charge is 0.466 e. The van der Waals surface area contributed by atoms with Gasteiger partial charge in [-0.15, -0.1) is 12.4 Å². The molecule has 0 aliphatic carbocycles. The fraction of sp³-hybridized carbons (Fsp3) is 0.833. The second-order valence-electron chi connectivity index (χ2n) is 4.14. The summed E-state index contributed by atoms with van der Waals surface area (Å²) in [5, 5.41) is 2.81. The Morgan fingerprint density at radius 3 is 2.53 bits per heavy atom. The molecule has 5 nitrogen and oxygen atoms in total. The van der Waals surface area contributed by atoms with Crippen molar-refractivity contribution in [3.8, 4) is 0 Å². The highest BCUT2D eigenvalue weighted by Crippen LogP contribution is 2.02. The third-order valence-electron chi connectivity index (χ3n) is 2.45. The standard InChI is InChI=1S/C12H24N2O3S.ClH/c1-4-17-11(15)6-5-9(2)14-12(16)10(13)7-8-18-3;/h9-10H,4-8,13H2,1-3H3,(H,14,16);1H. The van der Waals surface area contributed by atoms with Crippen molar-refractivity contribution in [2.24, 2.45) is 5.73 Å². The highest BCUT2D eigenvalue weighted by Gasteiger charge is 2.16. The molecule has 0 heterocycles. The lowest BCUT2D eigenvalue weighted by Crippen LogP contribution is -2.44. The first-order chi connectivity index (χ1) is 8.51. The highest BCUT2D eigenvalue weighted by atomic mass is 35.5. The molecule has 114 valence electrons. The Labute approximate surface area is 125 Å². The Hall–Kier alpha value is -0.460.